The van der Waals surface area contributed by atoms with Crippen LogP contribution in [-0.4, -0.2) is 9.97 Å². The molecule has 3 rings (SSSR count). The van der Waals surface area contributed by atoms with Gasteiger partial charge in [-0.05, 0) is 31.5 Å². The lowest BCUT2D eigenvalue weighted by atomic mass is 10.3. The number of hydrogen-bond acceptors (Lipinski definition) is 5. The number of anilines is 1. The third-order valence-corrected chi connectivity index (χ3v) is 4.94. The van der Waals surface area contributed by atoms with Crippen LogP contribution in [0, 0.1) is 6.92 Å². The fourth-order valence-corrected chi connectivity index (χ4v) is 3.60. The molecule has 0 saturated carbocycles. The summed E-state index contributed by atoms with van der Waals surface area (Å²) in [6.45, 7) is 5.01. The van der Waals surface area contributed by atoms with Crippen LogP contribution < -0.4 is 5.32 Å². The molecule has 0 amide bonds. The fraction of sp³-hybridized carbons (Fsp3) is 0.286. The zero-order valence-corrected chi connectivity index (χ0v) is 12.6. The van der Waals surface area contributed by atoms with Crippen molar-refractivity contribution in [2.24, 2.45) is 0 Å². The van der Waals surface area contributed by atoms with Gasteiger partial charge in [0.15, 0.2) is 0 Å². The Morgan fingerprint density at radius 1 is 1.26 bits per heavy atom. The summed E-state index contributed by atoms with van der Waals surface area (Å²) in [5.41, 5.74) is 2.22. The molecule has 1 aromatic carbocycles. The Labute approximate surface area is 120 Å². The Morgan fingerprint density at radius 3 is 2.95 bits per heavy atom. The molecule has 0 atom stereocenters. The summed E-state index contributed by atoms with van der Waals surface area (Å²) in [6.07, 6.45) is 2.97. The number of aryl methyl sites for hydroxylation is 2. The van der Waals surface area contributed by atoms with Gasteiger partial charge >= 0.3 is 0 Å². The zero-order chi connectivity index (χ0) is 13.2. The van der Waals surface area contributed by atoms with Gasteiger partial charge in [-0.1, -0.05) is 6.92 Å². The smallest absolute Gasteiger partial charge is 0.0925 e. The van der Waals surface area contributed by atoms with Gasteiger partial charge in [-0.15, -0.1) is 22.7 Å². The molecule has 0 bridgehead atoms. The molecule has 3 nitrogen and oxygen atoms in total. The molecule has 0 fully saturated rings. The Bertz CT molecular complexity index is 700. The summed E-state index contributed by atoms with van der Waals surface area (Å²) in [6, 6.07) is 6.33. The number of fused-ring (bicyclic) bond motifs is 1. The molecule has 0 saturated heterocycles. The number of nitrogens with one attached hydrogen (secondary N) is 1. The normalized spacial score (nSPS) is 11.1. The molecule has 98 valence electrons. The molecule has 0 radical (unpaired) electrons. The van der Waals surface area contributed by atoms with Crippen LogP contribution in [0.5, 0.6) is 0 Å². The van der Waals surface area contributed by atoms with E-state index < -0.39 is 0 Å². The largest absolute Gasteiger partial charge is 0.380 e. The van der Waals surface area contributed by atoms with Crippen LogP contribution in [0.3, 0.4) is 0 Å². The highest BCUT2D eigenvalue weighted by Crippen LogP contribution is 2.25. The van der Waals surface area contributed by atoms with Crippen molar-refractivity contribution in [3.63, 3.8) is 0 Å². The van der Waals surface area contributed by atoms with E-state index in [1.807, 2.05) is 13.1 Å². The van der Waals surface area contributed by atoms with Gasteiger partial charge in [0.2, 0.25) is 0 Å². The van der Waals surface area contributed by atoms with Gasteiger partial charge in [-0.3, -0.25) is 0 Å². The van der Waals surface area contributed by atoms with Gasteiger partial charge in [-0.25, -0.2) is 9.97 Å². The summed E-state index contributed by atoms with van der Waals surface area (Å²) in [7, 11) is 0. The summed E-state index contributed by atoms with van der Waals surface area (Å²) in [5, 5.41) is 5.76. The summed E-state index contributed by atoms with van der Waals surface area (Å²) >= 11 is 3.51. The van der Waals surface area contributed by atoms with Gasteiger partial charge in [0.05, 0.1) is 26.8 Å². The molecule has 2 heterocycles. The lowest BCUT2D eigenvalue weighted by Gasteiger charge is -2.03. The van der Waals surface area contributed by atoms with Crippen LogP contribution >= 0.6 is 22.7 Å². The van der Waals surface area contributed by atoms with E-state index >= 15 is 0 Å². The first-order chi connectivity index (χ1) is 9.24. The van der Waals surface area contributed by atoms with Crippen LogP contribution in [0.25, 0.3) is 10.2 Å². The highest BCUT2D eigenvalue weighted by Gasteiger charge is 2.03. The molecule has 0 aliphatic heterocycles. The molecular weight excluding hydrogens is 274 g/mol. The standard InChI is InChI=1S/C14H15N3S2/c1-3-14-16-8-11(19-14)7-15-10-4-5-12-13(6-10)18-9(2)17-12/h4-6,8,15H,3,7H2,1-2H3. The lowest BCUT2D eigenvalue weighted by molar-refractivity contribution is 1.09. The predicted molar refractivity (Wildman–Crippen MR) is 83.2 cm³/mol. The van der Waals surface area contributed by atoms with Gasteiger partial charge < -0.3 is 5.32 Å². The minimum atomic E-state index is 0.834. The van der Waals surface area contributed by atoms with E-state index in [4.69, 9.17) is 0 Å². The topological polar surface area (TPSA) is 37.8 Å². The van der Waals surface area contributed by atoms with Crippen LogP contribution in [0.2, 0.25) is 0 Å². The highest BCUT2D eigenvalue weighted by molar-refractivity contribution is 7.18. The number of nitrogens with zero attached hydrogens (tertiary/aromatic N) is 2. The van der Waals surface area contributed by atoms with Crippen molar-refractivity contribution in [3.8, 4) is 0 Å². The van der Waals surface area contributed by atoms with Crippen LogP contribution in [0.4, 0.5) is 5.69 Å². The fourth-order valence-electron chi connectivity index (χ4n) is 1.93. The number of thiazole rings is 2. The van der Waals surface area contributed by atoms with E-state index in [0.29, 0.717) is 0 Å². The van der Waals surface area contributed by atoms with Crippen LogP contribution in [0.15, 0.2) is 24.4 Å². The lowest BCUT2D eigenvalue weighted by Crippen LogP contribution is -1.96. The molecule has 0 aliphatic rings. The summed E-state index contributed by atoms with van der Waals surface area (Å²) in [4.78, 5) is 10.1. The van der Waals surface area contributed by atoms with E-state index in [2.05, 4.69) is 40.4 Å². The second-order valence-electron chi connectivity index (χ2n) is 4.34. The Balaban J connectivity index is 1.73. The van der Waals surface area contributed by atoms with Crippen LogP contribution in [-0.2, 0) is 13.0 Å². The van der Waals surface area contributed by atoms with E-state index in [9.17, 15) is 0 Å². The third-order valence-electron chi connectivity index (χ3n) is 2.87. The monoisotopic (exact) mass is 289 g/mol. The number of benzene rings is 1. The molecule has 19 heavy (non-hydrogen) atoms. The van der Waals surface area contributed by atoms with Crippen molar-refractivity contribution in [2.75, 3.05) is 5.32 Å². The minimum Gasteiger partial charge on any atom is -0.380 e. The van der Waals surface area contributed by atoms with Crippen molar-refractivity contribution >= 4 is 38.6 Å². The number of rotatable bonds is 4. The highest BCUT2D eigenvalue weighted by atomic mass is 32.1. The first-order valence-electron chi connectivity index (χ1n) is 6.29. The SMILES string of the molecule is CCc1ncc(CNc2ccc3nc(C)sc3c2)s1. The average Bonchev–Trinajstić information content (AvgIpc) is 3.00. The zero-order valence-electron chi connectivity index (χ0n) is 10.9. The summed E-state index contributed by atoms with van der Waals surface area (Å²) < 4.78 is 1.24. The maximum Gasteiger partial charge on any atom is 0.0925 e. The molecule has 0 aliphatic carbocycles. The van der Waals surface area contributed by atoms with Crippen LogP contribution in [0.1, 0.15) is 21.8 Å². The van der Waals surface area contributed by atoms with E-state index in [1.165, 1.54) is 14.6 Å². The van der Waals surface area contributed by atoms with Crippen molar-refractivity contribution in [1.29, 1.82) is 0 Å². The molecule has 0 unspecified atom stereocenters. The molecular formula is C14H15N3S2. The van der Waals surface area contributed by atoms with E-state index in [-0.39, 0.29) is 0 Å². The summed E-state index contributed by atoms with van der Waals surface area (Å²) in [5.74, 6) is 0. The average molecular weight is 289 g/mol. The molecule has 1 N–H and O–H groups in total. The Hall–Kier alpha value is -1.46. The third kappa shape index (κ3) is 2.77. The second-order valence-corrected chi connectivity index (χ2v) is 6.78. The molecule has 3 aromatic rings. The van der Waals surface area contributed by atoms with Crippen molar-refractivity contribution < 1.29 is 0 Å². The first kappa shape index (κ1) is 12.6. The maximum absolute atomic E-state index is 4.47. The van der Waals surface area contributed by atoms with Gasteiger partial charge in [0.1, 0.15) is 0 Å². The molecule has 5 heteroatoms. The van der Waals surface area contributed by atoms with Gasteiger partial charge in [0.25, 0.3) is 0 Å². The van der Waals surface area contributed by atoms with E-state index in [1.54, 1.807) is 22.7 Å². The van der Waals surface area contributed by atoms with Crippen molar-refractivity contribution in [3.05, 3.63) is 39.3 Å². The number of aromatic nitrogens is 2. The quantitative estimate of drug-likeness (QED) is 0.781. The minimum absolute atomic E-state index is 0.834. The van der Waals surface area contributed by atoms with Gasteiger partial charge in [0, 0.05) is 16.8 Å². The second kappa shape index (κ2) is 5.27. The first-order valence-corrected chi connectivity index (χ1v) is 7.92. The van der Waals surface area contributed by atoms with Crippen molar-refractivity contribution in [1.82, 2.24) is 9.97 Å². The predicted octanol–water partition coefficient (Wildman–Crippen LogP) is 4.24. The van der Waals surface area contributed by atoms with Gasteiger partial charge in [-0.2, -0.15) is 0 Å². The van der Waals surface area contributed by atoms with Crippen molar-refractivity contribution in [2.45, 2.75) is 26.8 Å². The van der Waals surface area contributed by atoms with E-state index in [0.717, 1.165) is 29.2 Å². The Kier molecular flexibility index (Phi) is 3.48. The molecule has 2 aromatic heterocycles. The molecule has 0 spiro atoms. The number of hydrogen-bond donors (Lipinski definition) is 1. The maximum atomic E-state index is 4.47. The Morgan fingerprint density at radius 2 is 2.16 bits per heavy atom.